The normalized spacial score (nSPS) is 16.3. The molecule has 0 aromatic carbocycles. The SMILES string of the molecule is NC(=O)CCNc1ccnc(N2CCN(c3ncc(C(=O)N4CCCC4)cc3Cl)CC2)n1. The highest BCUT2D eigenvalue weighted by molar-refractivity contribution is 6.33. The van der Waals surface area contributed by atoms with E-state index in [-0.39, 0.29) is 18.2 Å². The number of hydrogen-bond donors (Lipinski definition) is 2. The van der Waals surface area contributed by atoms with E-state index in [4.69, 9.17) is 17.3 Å². The first-order valence-electron chi connectivity index (χ1n) is 10.8. The highest BCUT2D eigenvalue weighted by Gasteiger charge is 2.24. The Morgan fingerprint density at radius 3 is 2.47 bits per heavy atom. The summed E-state index contributed by atoms with van der Waals surface area (Å²) in [7, 11) is 0. The maximum atomic E-state index is 12.6. The first kappa shape index (κ1) is 22.1. The van der Waals surface area contributed by atoms with Crippen molar-refractivity contribution in [2.45, 2.75) is 19.3 Å². The van der Waals surface area contributed by atoms with E-state index in [2.05, 4.69) is 30.1 Å². The van der Waals surface area contributed by atoms with Crippen molar-refractivity contribution >= 4 is 41.0 Å². The van der Waals surface area contributed by atoms with Crippen LogP contribution in [0.1, 0.15) is 29.6 Å². The molecule has 0 radical (unpaired) electrons. The van der Waals surface area contributed by atoms with Gasteiger partial charge in [-0.15, -0.1) is 0 Å². The second kappa shape index (κ2) is 9.99. The van der Waals surface area contributed by atoms with Crippen molar-refractivity contribution in [3.63, 3.8) is 0 Å². The molecule has 2 aromatic rings. The number of likely N-dealkylation sites (tertiary alicyclic amines) is 1. The smallest absolute Gasteiger partial charge is 0.255 e. The van der Waals surface area contributed by atoms with E-state index >= 15 is 0 Å². The summed E-state index contributed by atoms with van der Waals surface area (Å²) in [6.45, 7) is 4.84. The molecular weight excluding hydrogens is 432 g/mol. The summed E-state index contributed by atoms with van der Waals surface area (Å²) in [6.07, 6.45) is 5.65. The Morgan fingerprint density at radius 2 is 1.78 bits per heavy atom. The van der Waals surface area contributed by atoms with Crippen LogP contribution < -0.4 is 20.9 Å². The molecule has 4 rings (SSSR count). The number of nitrogens with two attached hydrogens (primary N) is 1. The number of nitrogens with zero attached hydrogens (tertiary/aromatic N) is 6. The minimum Gasteiger partial charge on any atom is -0.370 e. The number of anilines is 3. The Hall–Kier alpha value is -3.14. The number of hydrogen-bond acceptors (Lipinski definition) is 8. The van der Waals surface area contributed by atoms with Crippen molar-refractivity contribution in [2.24, 2.45) is 5.73 Å². The molecule has 11 heteroatoms. The molecule has 170 valence electrons. The number of rotatable bonds is 7. The number of carbonyl (C=O) groups is 2. The van der Waals surface area contributed by atoms with Gasteiger partial charge in [0, 0.05) is 64.6 Å². The highest BCUT2D eigenvalue weighted by atomic mass is 35.5. The lowest BCUT2D eigenvalue weighted by atomic mass is 10.2. The predicted octanol–water partition coefficient (Wildman–Crippen LogP) is 1.37. The standard InChI is InChI=1S/C21H27ClN8O2/c22-16-13-15(20(32)29-7-1-2-8-29)14-26-19(16)28-9-11-30(12-10-28)21-25-6-4-18(27-21)24-5-3-17(23)31/h4,6,13-14H,1-3,5,7-12H2,(H2,23,31)(H,24,25,27). The molecule has 2 aliphatic rings. The summed E-state index contributed by atoms with van der Waals surface area (Å²) in [5.74, 6) is 1.60. The molecule has 2 fully saturated rings. The van der Waals surface area contributed by atoms with Gasteiger partial charge in [0.1, 0.15) is 11.6 Å². The second-order valence-electron chi connectivity index (χ2n) is 7.89. The lowest BCUT2D eigenvalue weighted by molar-refractivity contribution is -0.117. The van der Waals surface area contributed by atoms with Gasteiger partial charge in [0.15, 0.2) is 0 Å². The molecule has 0 spiro atoms. The summed E-state index contributed by atoms with van der Waals surface area (Å²) in [4.78, 5) is 42.9. The zero-order chi connectivity index (χ0) is 22.5. The van der Waals surface area contributed by atoms with Crippen LogP contribution in [0.3, 0.4) is 0 Å². The van der Waals surface area contributed by atoms with Crippen LogP contribution in [-0.4, -0.2) is 77.5 Å². The Kier molecular flexibility index (Phi) is 6.89. The monoisotopic (exact) mass is 458 g/mol. The summed E-state index contributed by atoms with van der Waals surface area (Å²) < 4.78 is 0. The summed E-state index contributed by atoms with van der Waals surface area (Å²) in [5, 5.41) is 3.57. The van der Waals surface area contributed by atoms with Crippen LogP contribution in [0.5, 0.6) is 0 Å². The van der Waals surface area contributed by atoms with Crippen LogP contribution in [0.25, 0.3) is 0 Å². The molecule has 3 N–H and O–H groups in total. The molecule has 0 aliphatic carbocycles. The molecule has 2 amide bonds. The van der Waals surface area contributed by atoms with Gasteiger partial charge in [-0.3, -0.25) is 9.59 Å². The number of pyridine rings is 1. The molecule has 0 bridgehead atoms. The minimum absolute atomic E-state index is 0.00487. The molecule has 0 atom stereocenters. The van der Waals surface area contributed by atoms with E-state index in [1.165, 1.54) is 0 Å². The van der Waals surface area contributed by atoms with Crippen LogP contribution in [0.2, 0.25) is 5.02 Å². The third-order valence-corrected chi connectivity index (χ3v) is 5.92. The van der Waals surface area contributed by atoms with Crippen molar-refractivity contribution in [3.8, 4) is 0 Å². The Bertz CT molecular complexity index is 974. The number of primary amides is 1. The molecule has 4 heterocycles. The van der Waals surface area contributed by atoms with Crippen LogP contribution in [0.4, 0.5) is 17.6 Å². The zero-order valence-electron chi connectivity index (χ0n) is 17.8. The van der Waals surface area contributed by atoms with Gasteiger partial charge in [0.05, 0.1) is 10.6 Å². The molecule has 0 unspecified atom stereocenters. The van der Waals surface area contributed by atoms with Gasteiger partial charge in [-0.1, -0.05) is 11.6 Å². The van der Waals surface area contributed by atoms with E-state index in [9.17, 15) is 9.59 Å². The first-order valence-corrected chi connectivity index (χ1v) is 11.2. The Labute approximate surface area is 191 Å². The van der Waals surface area contributed by atoms with Gasteiger partial charge in [-0.25, -0.2) is 9.97 Å². The maximum Gasteiger partial charge on any atom is 0.255 e. The second-order valence-corrected chi connectivity index (χ2v) is 8.29. The highest BCUT2D eigenvalue weighted by Crippen LogP contribution is 2.27. The lowest BCUT2D eigenvalue weighted by Gasteiger charge is -2.35. The van der Waals surface area contributed by atoms with Gasteiger partial charge in [0.2, 0.25) is 11.9 Å². The van der Waals surface area contributed by atoms with Crippen molar-refractivity contribution in [3.05, 3.63) is 35.1 Å². The Balaban J connectivity index is 1.35. The lowest BCUT2D eigenvalue weighted by Crippen LogP contribution is -2.47. The number of amides is 2. The van der Waals surface area contributed by atoms with E-state index in [1.54, 1.807) is 24.5 Å². The summed E-state index contributed by atoms with van der Waals surface area (Å²) in [5.41, 5.74) is 5.70. The van der Waals surface area contributed by atoms with Gasteiger partial charge >= 0.3 is 0 Å². The molecule has 2 aliphatic heterocycles. The molecule has 0 saturated carbocycles. The number of halogens is 1. The summed E-state index contributed by atoms with van der Waals surface area (Å²) in [6, 6.07) is 3.48. The van der Waals surface area contributed by atoms with Crippen LogP contribution in [0, 0.1) is 0 Å². The third kappa shape index (κ3) is 5.18. The van der Waals surface area contributed by atoms with Crippen molar-refractivity contribution in [2.75, 3.05) is 60.9 Å². The van der Waals surface area contributed by atoms with Crippen molar-refractivity contribution < 1.29 is 9.59 Å². The van der Waals surface area contributed by atoms with Gasteiger partial charge < -0.3 is 25.8 Å². The van der Waals surface area contributed by atoms with Gasteiger partial charge in [-0.05, 0) is 25.0 Å². The van der Waals surface area contributed by atoms with Crippen LogP contribution in [0.15, 0.2) is 24.5 Å². The van der Waals surface area contributed by atoms with E-state index in [0.29, 0.717) is 60.9 Å². The molecular formula is C21H27ClN8O2. The number of aromatic nitrogens is 3. The molecule has 32 heavy (non-hydrogen) atoms. The molecule has 2 aromatic heterocycles. The van der Waals surface area contributed by atoms with Crippen LogP contribution >= 0.6 is 11.6 Å². The fourth-order valence-electron chi connectivity index (χ4n) is 3.91. The van der Waals surface area contributed by atoms with Crippen LogP contribution in [-0.2, 0) is 4.79 Å². The van der Waals surface area contributed by atoms with Crippen molar-refractivity contribution in [1.29, 1.82) is 0 Å². The number of piperazine rings is 1. The molecule has 2 saturated heterocycles. The fraction of sp³-hybridized carbons (Fsp3) is 0.476. The van der Waals surface area contributed by atoms with E-state index in [0.717, 1.165) is 25.9 Å². The van der Waals surface area contributed by atoms with Gasteiger partial charge in [-0.2, -0.15) is 4.98 Å². The first-order chi connectivity index (χ1) is 15.5. The molecule has 10 nitrogen and oxygen atoms in total. The quantitative estimate of drug-likeness (QED) is 0.638. The average Bonchev–Trinajstić information content (AvgIpc) is 3.34. The van der Waals surface area contributed by atoms with Gasteiger partial charge in [0.25, 0.3) is 5.91 Å². The van der Waals surface area contributed by atoms with E-state index < -0.39 is 0 Å². The van der Waals surface area contributed by atoms with Crippen molar-refractivity contribution in [1.82, 2.24) is 19.9 Å². The summed E-state index contributed by atoms with van der Waals surface area (Å²) >= 11 is 6.50. The van der Waals surface area contributed by atoms with E-state index in [1.807, 2.05) is 4.90 Å². The number of nitrogens with one attached hydrogen (secondary N) is 1. The number of carbonyl (C=O) groups excluding carboxylic acids is 2. The largest absolute Gasteiger partial charge is 0.370 e. The average molecular weight is 459 g/mol. The zero-order valence-corrected chi connectivity index (χ0v) is 18.6. The fourth-order valence-corrected chi connectivity index (χ4v) is 4.20. The Morgan fingerprint density at radius 1 is 1.06 bits per heavy atom. The predicted molar refractivity (Wildman–Crippen MR) is 123 cm³/mol. The maximum absolute atomic E-state index is 12.6. The topological polar surface area (TPSA) is 121 Å². The minimum atomic E-state index is -0.358. The third-order valence-electron chi connectivity index (χ3n) is 5.64.